The zero-order valence-corrected chi connectivity index (χ0v) is 50.3. The van der Waals surface area contributed by atoms with Crippen molar-refractivity contribution >= 4 is 0 Å². The van der Waals surface area contributed by atoms with Crippen LogP contribution in [0, 0.1) is 49.2 Å². The first kappa shape index (κ1) is 78.1. The summed E-state index contributed by atoms with van der Waals surface area (Å²) in [6, 6.07) is 0. The maximum atomic E-state index is 13.2. The molecule has 0 spiro atoms. The van der Waals surface area contributed by atoms with Crippen molar-refractivity contribution in [1.29, 1.82) is 0 Å². The number of methoxy groups -OCH3 is 1. The molecule has 1 fully saturated rings. The number of hydrogen-bond acceptors (Lipinski definition) is 1. The summed E-state index contributed by atoms with van der Waals surface area (Å²) in [6.07, 6.45) is 20.4. The molecule has 1 nitrogen and oxygen atoms in total. The smallest absolute Gasteiger partial charge is 0.271 e. The van der Waals surface area contributed by atoms with Crippen LogP contribution >= 0.6 is 0 Å². The second-order valence-electron chi connectivity index (χ2n) is 25.6. The van der Waals surface area contributed by atoms with Gasteiger partial charge in [0.25, 0.3) is 5.92 Å². The molecule has 1 aliphatic carbocycles. The van der Waals surface area contributed by atoms with Gasteiger partial charge in [0.05, 0.1) is 6.17 Å². The molecule has 0 aromatic carbocycles. The van der Waals surface area contributed by atoms with Crippen LogP contribution in [0.1, 0.15) is 316 Å². The van der Waals surface area contributed by atoms with Crippen LogP contribution in [0.4, 0.5) is 22.0 Å². The summed E-state index contributed by atoms with van der Waals surface area (Å²) in [5.74, 6) is -4.35. The van der Waals surface area contributed by atoms with E-state index in [9.17, 15) is 22.0 Å². The molecule has 0 heterocycles. The molecule has 1 aliphatic rings. The van der Waals surface area contributed by atoms with E-state index in [0.29, 0.717) is 28.1 Å². The van der Waals surface area contributed by atoms with E-state index in [2.05, 4.69) is 129 Å². The largest absolute Gasteiger partial charge is 0.378 e. The Bertz CT molecular complexity index is 1020. The Hall–Kier alpha value is -0.390. The number of hydrogen-bond donors (Lipinski definition) is 0. The summed E-state index contributed by atoms with van der Waals surface area (Å²) in [4.78, 5) is 0. The average molecular weight is 974 g/mol. The van der Waals surface area contributed by atoms with E-state index >= 15 is 0 Å². The third-order valence-corrected chi connectivity index (χ3v) is 16.6. The van der Waals surface area contributed by atoms with Crippen LogP contribution in [-0.2, 0) is 4.74 Å². The second kappa shape index (κ2) is 35.7. The average Bonchev–Trinajstić information content (AvgIpc) is 3.95. The van der Waals surface area contributed by atoms with Gasteiger partial charge in [0.2, 0.25) is 5.92 Å². The van der Waals surface area contributed by atoms with Crippen molar-refractivity contribution in [1.82, 2.24) is 0 Å². The van der Waals surface area contributed by atoms with Crippen molar-refractivity contribution in [3.05, 3.63) is 0 Å². The van der Waals surface area contributed by atoms with Gasteiger partial charge in [0, 0.05) is 20.0 Å². The fourth-order valence-corrected chi connectivity index (χ4v) is 9.08. The fourth-order valence-electron chi connectivity index (χ4n) is 9.08. The highest BCUT2D eigenvalue weighted by Gasteiger charge is 2.42. The lowest BCUT2D eigenvalue weighted by Gasteiger charge is -2.34. The highest BCUT2D eigenvalue weighted by Crippen LogP contribution is 2.54. The van der Waals surface area contributed by atoms with E-state index in [1.807, 2.05) is 41.5 Å². The Morgan fingerprint density at radius 1 is 0.448 bits per heavy atom. The van der Waals surface area contributed by atoms with Gasteiger partial charge in [-0.05, 0) is 102 Å². The van der Waals surface area contributed by atoms with Gasteiger partial charge >= 0.3 is 0 Å². The van der Waals surface area contributed by atoms with Crippen LogP contribution in [0.5, 0.6) is 0 Å². The lowest BCUT2D eigenvalue weighted by Crippen LogP contribution is -2.31. The minimum atomic E-state index is -2.68. The molecule has 0 radical (unpaired) electrons. The van der Waals surface area contributed by atoms with Crippen LogP contribution in [0.25, 0.3) is 0 Å². The third kappa shape index (κ3) is 43.0. The Morgan fingerprint density at radius 3 is 0.896 bits per heavy atom. The predicted molar refractivity (Wildman–Crippen MR) is 296 cm³/mol. The highest BCUT2D eigenvalue weighted by molar-refractivity contribution is 4.93. The first-order chi connectivity index (χ1) is 29.7. The zero-order chi connectivity index (χ0) is 53.7. The fraction of sp³-hybridized carbons (Fsp3) is 1.00. The SMILES string of the molecule is C.CCC(C)(CC)CC(C)(C)C.CCC(C)(CC)CC(C)(F)F.CCC(C)(CC)CC(C)C.CCC(C)(CC)CC(C)F.CCC(C)(CC)CC(F)(F)COC.CCC(C)(CC)CC1(C)CC1. The minimum absolute atomic E-state index is 0. The van der Waals surface area contributed by atoms with Crippen molar-refractivity contribution in [2.24, 2.45) is 49.2 Å². The van der Waals surface area contributed by atoms with E-state index in [-0.39, 0.29) is 36.5 Å². The van der Waals surface area contributed by atoms with Gasteiger partial charge in [-0.15, -0.1) is 0 Å². The Kier molecular flexibility index (Phi) is 41.6. The molecule has 0 saturated heterocycles. The van der Waals surface area contributed by atoms with E-state index in [0.717, 1.165) is 56.8 Å². The molecular formula is C61H129F5O. The van der Waals surface area contributed by atoms with Gasteiger partial charge in [-0.25, -0.2) is 22.0 Å². The standard InChI is InChI=1S/C11H22.C11H24.C10H20F2O.C10H22.C9H18F2.C9H19F.CH4/c1-5-10(3,6-2)9-11(4)7-8-11;1-7-11(6,8-2)9-10(3,4)5;1-5-9(3,6-2)7-10(11,12)8-13-4;1-6-10(5,7-2)8-9(3)4;1-5-8(3,6-2)7-9(4,10)11;1-5-9(4,6-2)7-8(3)10;/h5-9H2,1-4H3;7-9H2,1-6H3;5-8H2,1-4H3;9H,6-8H2,1-5H3;5-7H2,1-4H3;8H,5-7H2,1-4H3;1H4. The van der Waals surface area contributed by atoms with E-state index in [1.165, 1.54) is 77.7 Å². The van der Waals surface area contributed by atoms with Crippen molar-refractivity contribution in [3.8, 4) is 0 Å². The van der Waals surface area contributed by atoms with Crippen molar-refractivity contribution < 1.29 is 26.7 Å². The molecule has 1 rings (SSSR count). The Labute approximate surface area is 422 Å². The molecule has 0 N–H and O–H groups in total. The summed E-state index contributed by atoms with van der Waals surface area (Å²) < 4.78 is 68.6. The van der Waals surface area contributed by atoms with Crippen LogP contribution in [0.2, 0.25) is 0 Å². The molecule has 0 amide bonds. The van der Waals surface area contributed by atoms with Crippen LogP contribution in [0.3, 0.4) is 0 Å². The zero-order valence-electron chi connectivity index (χ0n) is 50.3. The van der Waals surface area contributed by atoms with E-state index in [4.69, 9.17) is 0 Å². The molecule has 0 aromatic rings. The lowest BCUT2D eigenvalue weighted by atomic mass is 9.72. The van der Waals surface area contributed by atoms with E-state index < -0.39 is 24.6 Å². The molecule has 6 heteroatoms. The predicted octanol–water partition coefficient (Wildman–Crippen LogP) is 23.7. The normalized spacial score (nSPS) is 14.8. The molecule has 1 saturated carbocycles. The number of halogens is 5. The molecule has 0 bridgehead atoms. The molecule has 67 heavy (non-hydrogen) atoms. The second-order valence-corrected chi connectivity index (χ2v) is 25.6. The van der Waals surface area contributed by atoms with E-state index in [1.54, 1.807) is 6.92 Å². The van der Waals surface area contributed by atoms with Crippen LogP contribution in [0.15, 0.2) is 0 Å². The summed E-state index contributed by atoms with van der Waals surface area (Å²) in [5.41, 5.74) is 2.81. The molecule has 1 unspecified atom stereocenters. The van der Waals surface area contributed by atoms with Gasteiger partial charge < -0.3 is 4.74 Å². The third-order valence-electron chi connectivity index (χ3n) is 16.6. The quantitative estimate of drug-likeness (QED) is 0.0829. The number of ether oxygens (including phenoxy) is 1. The Balaban J connectivity index is -0.000000166. The molecule has 1 atom stereocenters. The van der Waals surface area contributed by atoms with Crippen molar-refractivity contribution in [2.45, 2.75) is 334 Å². The minimum Gasteiger partial charge on any atom is -0.378 e. The topological polar surface area (TPSA) is 9.23 Å². The maximum absolute atomic E-state index is 13.2. The van der Waals surface area contributed by atoms with Crippen molar-refractivity contribution in [2.75, 3.05) is 13.7 Å². The first-order valence-corrected chi connectivity index (χ1v) is 27.5. The first-order valence-electron chi connectivity index (χ1n) is 27.5. The van der Waals surface area contributed by atoms with Crippen molar-refractivity contribution in [3.63, 3.8) is 0 Å². The molecule has 0 aromatic heterocycles. The summed E-state index contributed by atoms with van der Waals surface area (Å²) >= 11 is 0. The molecule has 414 valence electrons. The summed E-state index contributed by atoms with van der Waals surface area (Å²) in [6.45, 7) is 55.4. The highest BCUT2D eigenvalue weighted by atomic mass is 19.3. The lowest BCUT2D eigenvalue weighted by molar-refractivity contribution is -0.0946. The van der Waals surface area contributed by atoms with Gasteiger partial charge in [-0.3, -0.25) is 0 Å². The molecular weight excluding hydrogens is 844 g/mol. The Morgan fingerprint density at radius 2 is 0.731 bits per heavy atom. The maximum Gasteiger partial charge on any atom is 0.271 e. The number of rotatable bonds is 25. The van der Waals surface area contributed by atoms with Gasteiger partial charge in [-0.2, -0.15) is 0 Å². The number of alkyl halides is 5. The van der Waals surface area contributed by atoms with Crippen LogP contribution in [-0.4, -0.2) is 31.7 Å². The van der Waals surface area contributed by atoms with Crippen LogP contribution < -0.4 is 0 Å². The van der Waals surface area contributed by atoms with Gasteiger partial charge in [-0.1, -0.05) is 251 Å². The van der Waals surface area contributed by atoms with Gasteiger partial charge in [0.1, 0.15) is 6.61 Å². The monoisotopic (exact) mass is 973 g/mol. The molecule has 0 aliphatic heterocycles. The summed E-state index contributed by atoms with van der Waals surface area (Å²) in [5, 5.41) is 0. The van der Waals surface area contributed by atoms with Gasteiger partial charge in [0.15, 0.2) is 0 Å². The summed E-state index contributed by atoms with van der Waals surface area (Å²) in [7, 11) is 1.31.